The van der Waals surface area contributed by atoms with Crippen LogP contribution in [0.2, 0.25) is 0 Å². The van der Waals surface area contributed by atoms with Crippen LogP contribution in [0.15, 0.2) is 24.3 Å². The molecule has 106 valence electrons. The van der Waals surface area contributed by atoms with Gasteiger partial charge in [-0.2, -0.15) is 5.26 Å². The van der Waals surface area contributed by atoms with E-state index >= 15 is 0 Å². The van der Waals surface area contributed by atoms with Crippen LogP contribution in [0.25, 0.3) is 0 Å². The standard InChI is InChI=1S/C14H16FN3O2/c1-20-14(19)18-8-6-17(7-9-18)13(10-16)11-4-2-3-5-12(11)15/h2-5,13H,6-9H2,1H3. The molecule has 1 unspecified atom stereocenters. The number of rotatable bonds is 2. The minimum atomic E-state index is -0.629. The molecule has 1 saturated heterocycles. The number of methoxy groups -OCH3 is 1. The Labute approximate surface area is 117 Å². The van der Waals surface area contributed by atoms with Crippen molar-refractivity contribution in [2.24, 2.45) is 0 Å². The molecule has 1 aliphatic rings. The molecule has 1 aliphatic heterocycles. The van der Waals surface area contributed by atoms with Crippen molar-refractivity contribution in [2.75, 3.05) is 33.3 Å². The number of piperazine rings is 1. The van der Waals surface area contributed by atoms with Crippen LogP contribution in [0.1, 0.15) is 11.6 Å². The van der Waals surface area contributed by atoms with E-state index in [4.69, 9.17) is 0 Å². The average Bonchev–Trinajstić information content (AvgIpc) is 2.50. The van der Waals surface area contributed by atoms with Crippen molar-refractivity contribution in [1.29, 1.82) is 5.26 Å². The third-order valence-electron chi connectivity index (χ3n) is 3.43. The Balaban J connectivity index is 2.07. The highest BCUT2D eigenvalue weighted by Crippen LogP contribution is 2.23. The first-order chi connectivity index (χ1) is 9.67. The predicted octanol–water partition coefficient (Wildman–Crippen LogP) is 1.77. The van der Waals surface area contributed by atoms with Gasteiger partial charge >= 0.3 is 6.09 Å². The molecule has 1 amide bonds. The zero-order valence-corrected chi connectivity index (χ0v) is 11.3. The summed E-state index contributed by atoms with van der Waals surface area (Å²) in [5, 5.41) is 9.31. The Kier molecular flexibility index (Phi) is 4.53. The van der Waals surface area contributed by atoms with E-state index in [2.05, 4.69) is 10.8 Å². The summed E-state index contributed by atoms with van der Waals surface area (Å²) in [6.07, 6.45) is -0.371. The number of halogens is 1. The molecule has 0 bridgehead atoms. The van der Waals surface area contributed by atoms with Gasteiger partial charge in [0.05, 0.1) is 13.2 Å². The first kappa shape index (κ1) is 14.3. The number of carbonyl (C=O) groups is 1. The van der Waals surface area contributed by atoms with Gasteiger partial charge in [-0.15, -0.1) is 0 Å². The summed E-state index contributed by atoms with van der Waals surface area (Å²) in [7, 11) is 1.34. The fraction of sp³-hybridized carbons (Fsp3) is 0.429. The molecule has 0 spiro atoms. The Morgan fingerprint density at radius 1 is 1.35 bits per heavy atom. The highest BCUT2D eigenvalue weighted by molar-refractivity contribution is 5.67. The van der Waals surface area contributed by atoms with E-state index in [-0.39, 0.29) is 11.9 Å². The van der Waals surface area contributed by atoms with Crippen molar-refractivity contribution in [3.05, 3.63) is 35.6 Å². The summed E-state index contributed by atoms with van der Waals surface area (Å²) >= 11 is 0. The summed E-state index contributed by atoms with van der Waals surface area (Å²) in [5.41, 5.74) is 0.376. The fourth-order valence-electron chi connectivity index (χ4n) is 2.34. The molecule has 1 aromatic carbocycles. The van der Waals surface area contributed by atoms with Gasteiger partial charge in [0.1, 0.15) is 11.9 Å². The molecule has 6 heteroatoms. The molecule has 20 heavy (non-hydrogen) atoms. The molecule has 0 saturated carbocycles. The summed E-state index contributed by atoms with van der Waals surface area (Å²) in [6, 6.07) is 7.80. The van der Waals surface area contributed by atoms with Crippen LogP contribution in [0.5, 0.6) is 0 Å². The Morgan fingerprint density at radius 3 is 2.55 bits per heavy atom. The molecule has 1 heterocycles. The number of hydrogen-bond donors (Lipinski definition) is 0. The van der Waals surface area contributed by atoms with Crippen molar-refractivity contribution in [1.82, 2.24) is 9.80 Å². The minimum absolute atomic E-state index is 0.371. The highest BCUT2D eigenvalue weighted by atomic mass is 19.1. The zero-order valence-electron chi connectivity index (χ0n) is 11.3. The Bertz CT molecular complexity index is 521. The maximum Gasteiger partial charge on any atom is 0.409 e. The lowest BCUT2D eigenvalue weighted by Gasteiger charge is -2.36. The molecule has 1 atom stereocenters. The number of nitrogens with zero attached hydrogens (tertiary/aromatic N) is 3. The molecule has 0 aliphatic carbocycles. The van der Waals surface area contributed by atoms with Gasteiger partial charge in [0.25, 0.3) is 0 Å². The van der Waals surface area contributed by atoms with E-state index in [1.165, 1.54) is 13.2 Å². The topological polar surface area (TPSA) is 56.6 Å². The summed E-state index contributed by atoms with van der Waals surface area (Å²) in [6.45, 7) is 1.97. The van der Waals surface area contributed by atoms with Crippen molar-refractivity contribution in [3.63, 3.8) is 0 Å². The van der Waals surface area contributed by atoms with E-state index in [0.29, 0.717) is 31.7 Å². The SMILES string of the molecule is COC(=O)N1CCN(C(C#N)c2ccccc2F)CC1. The Morgan fingerprint density at radius 2 is 2.00 bits per heavy atom. The van der Waals surface area contributed by atoms with E-state index in [1.807, 2.05) is 4.90 Å². The summed E-state index contributed by atoms with van der Waals surface area (Å²) in [4.78, 5) is 14.8. The molecular weight excluding hydrogens is 261 g/mol. The third kappa shape index (κ3) is 2.89. The van der Waals surface area contributed by atoms with Crippen molar-refractivity contribution in [3.8, 4) is 6.07 Å². The first-order valence-electron chi connectivity index (χ1n) is 6.38. The van der Waals surface area contributed by atoms with E-state index in [0.717, 1.165) is 0 Å². The molecule has 0 aromatic heterocycles. The summed E-state index contributed by atoms with van der Waals surface area (Å²) < 4.78 is 18.4. The van der Waals surface area contributed by atoms with Gasteiger partial charge in [-0.25, -0.2) is 9.18 Å². The van der Waals surface area contributed by atoms with Gasteiger partial charge < -0.3 is 9.64 Å². The highest BCUT2D eigenvalue weighted by Gasteiger charge is 2.28. The van der Waals surface area contributed by atoms with Crippen LogP contribution < -0.4 is 0 Å². The monoisotopic (exact) mass is 277 g/mol. The number of ether oxygens (including phenoxy) is 1. The second-order valence-electron chi connectivity index (χ2n) is 4.55. The second kappa shape index (κ2) is 6.35. The van der Waals surface area contributed by atoms with Crippen LogP contribution in [0.3, 0.4) is 0 Å². The lowest BCUT2D eigenvalue weighted by atomic mass is 10.1. The molecule has 1 aromatic rings. The number of carbonyl (C=O) groups excluding carboxylic acids is 1. The number of amides is 1. The van der Waals surface area contributed by atoms with Crippen LogP contribution in [-0.4, -0.2) is 49.2 Å². The molecule has 1 fully saturated rings. The maximum atomic E-state index is 13.8. The van der Waals surface area contributed by atoms with Crippen LogP contribution in [0, 0.1) is 17.1 Å². The van der Waals surface area contributed by atoms with Crippen molar-refractivity contribution in [2.45, 2.75) is 6.04 Å². The van der Waals surface area contributed by atoms with Crippen molar-refractivity contribution >= 4 is 6.09 Å². The van der Waals surface area contributed by atoms with Gasteiger partial charge in [-0.3, -0.25) is 4.90 Å². The molecule has 0 radical (unpaired) electrons. The van der Waals surface area contributed by atoms with Crippen LogP contribution in [-0.2, 0) is 4.74 Å². The summed E-state index contributed by atoms with van der Waals surface area (Å²) in [5.74, 6) is -0.380. The van der Waals surface area contributed by atoms with E-state index in [9.17, 15) is 14.4 Å². The predicted molar refractivity (Wildman–Crippen MR) is 70.3 cm³/mol. The third-order valence-corrected chi connectivity index (χ3v) is 3.43. The second-order valence-corrected chi connectivity index (χ2v) is 4.55. The number of hydrogen-bond acceptors (Lipinski definition) is 4. The largest absolute Gasteiger partial charge is 0.453 e. The lowest BCUT2D eigenvalue weighted by Crippen LogP contribution is -2.49. The Hall–Kier alpha value is -2.13. The number of nitriles is 1. The van der Waals surface area contributed by atoms with Gasteiger partial charge in [-0.05, 0) is 6.07 Å². The van der Waals surface area contributed by atoms with E-state index < -0.39 is 6.04 Å². The molecular formula is C14H16FN3O2. The molecule has 0 N–H and O–H groups in total. The van der Waals surface area contributed by atoms with Gasteiger partial charge in [0.2, 0.25) is 0 Å². The van der Waals surface area contributed by atoms with Gasteiger partial charge in [0, 0.05) is 31.7 Å². The molecule has 5 nitrogen and oxygen atoms in total. The first-order valence-corrected chi connectivity index (χ1v) is 6.38. The zero-order chi connectivity index (χ0) is 14.5. The van der Waals surface area contributed by atoms with E-state index in [1.54, 1.807) is 23.1 Å². The average molecular weight is 277 g/mol. The number of benzene rings is 1. The molecule has 2 rings (SSSR count). The van der Waals surface area contributed by atoms with Crippen LogP contribution >= 0.6 is 0 Å². The van der Waals surface area contributed by atoms with Crippen LogP contribution in [0.4, 0.5) is 9.18 Å². The maximum absolute atomic E-state index is 13.8. The smallest absolute Gasteiger partial charge is 0.409 e. The lowest BCUT2D eigenvalue weighted by molar-refractivity contribution is 0.0829. The van der Waals surface area contributed by atoms with Gasteiger partial charge in [-0.1, -0.05) is 18.2 Å². The minimum Gasteiger partial charge on any atom is -0.453 e. The van der Waals surface area contributed by atoms with Gasteiger partial charge in [0.15, 0.2) is 0 Å². The fourth-order valence-corrected chi connectivity index (χ4v) is 2.34. The quantitative estimate of drug-likeness (QED) is 0.826. The van der Waals surface area contributed by atoms with Crippen molar-refractivity contribution < 1.29 is 13.9 Å². The normalized spacial score (nSPS) is 17.4.